The summed E-state index contributed by atoms with van der Waals surface area (Å²) in [6.45, 7) is 2.19. The number of pyridine rings is 1. The number of hydrogen-bond acceptors (Lipinski definition) is 4. The number of aromatic nitrogens is 1. The Morgan fingerprint density at radius 1 is 1.25 bits per heavy atom. The lowest BCUT2D eigenvalue weighted by atomic mass is 10.2. The molecule has 1 aromatic heterocycles. The Bertz CT molecular complexity index is 484. The molecule has 2 heterocycles. The fraction of sp³-hybridized carbons (Fsp3) is 0.462. The van der Waals surface area contributed by atoms with Gasteiger partial charge in [-0.2, -0.15) is 0 Å². The molecular weight excluding hydrogens is 326 g/mol. The molecule has 0 aliphatic carbocycles. The van der Waals surface area contributed by atoms with Crippen LogP contribution in [-0.2, 0) is 9.53 Å². The van der Waals surface area contributed by atoms with Crippen molar-refractivity contribution in [2.75, 3.05) is 39.9 Å². The average Bonchev–Trinajstić information content (AvgIpc) is 2.48. The normalized spacial score (nSPS) is 15.3. The van der Waals surface area contributed by atoms with Gasteiger partial charge in [-0.1, -0.05) is 0 Å². The number of halogens is 1. The third-order valence-electron chi connectivity index (χ3n) is 3.13. The predicted molar refractivity (Wildman–Crippen MR) is 76.3 cm³/mol. The minimum absolute atomic E-state index is 0.0404. The first-order chi connectivity index (χ1) is 9.61. The highest BCUT2D eigenvalue weighted by atomic mass is 79.9. The predicted octanol–water partition coefficient (Wildman–Crippen LogP) is 0.775. The van der Waals surface area contributed by atoms with Crippen LogP contribution >= 0.6 is 15.9 Å². The van der Waals surface area contributed by atoms with Crippen LogP contribution in [0.4, 0.5) is 0 Å². The fourth-order valence-electron chi connectivity index (χ4n) is 2.04. The molecule has 1 aliphatic heterocycles. The third kappa shape index (κ3) is 3.55. The van der Waals surface area contributed by atoms with Gasteiger partial charge in [0.15, 0.2) is 0 Å². The van der Waals surface area contributed by atoms with E-state index in [1.807, 2.05) is 0 Å². The van der Waals surface area contributed by atoms with Crippen LogP contribution < -0.4 is 0 Å². The second kappa shape index (κ2) is 6.81. The quantitative estimate of drug-likeness (QED) is 0.814. The summed E-state index contributed by atoms with van der Waals surface area (Å²) in [5.41, 5.74) is 0.421. The van der Waals surface area contributed by atoms with Crippen LogP contribution in [0.1, 0.15) is 10.5 Å². The summed E-state index contributed by atoms with van der Waals surface area (Å²) in [5.74, 6) is -0.141. The van der Waals surface area contributed by atoms with Crippen molar-refractivity contribution in [3.63, 3.8) is 0 Å². The number of amides is 2. The highest BCUT2D eigenvalue weighted by molar-refractivity contribution is 9.10. The molecule has 2 rings (SSSR count). The van der Waals surface area contributed by atoms with E-state index in [2.05, 4.69) is 20.9 Å². The average molecular weight is 342 g/mol. The molecule has 20 heavy (non-hydrogen) atoms. The van der Waals surface area contributed by atoms with Crippen LogP contribution in [0.2, 0.25) is 0 Å². The van der Waals surface area contributed by atoms with Gasteiger partial charge in [-0.05, 0) is 28.1 Å². The SMILES string of the molecule is COCC(=O)N1CCN(C(=O)c2ccc(Br)cn2)CC1. The summed E-state index contributed by atoms with van der Waals surface area (Å²) in [7, 11) is 1.50. The lowest BCUT2D eigenvalue weighted by molar-refractivity contribution is -0.136. The Labute approximate surface area is 125 Å². The van der Waals surface area contributed by atoms with E-state index in [-0.39, 0.29) is 18.4 Å². The highest BCUT2D eigenvalue weighted by Gasteiger charge is 2.25. The number of carbonyl (C=O) groups excluding carboxylic acids is 2. The smallest absolute Gasteiger partial charge is 0.272 e. The molecule has 7 heteroatoms. The van der Waals surface area contributed by atoms with Gasteiger partial charge in [-0.3, -0.25) is 9.59 Å². The monoisotopic (exact) mass is 341 g/mol. The number of hydrogen-bond donors (Lipinski definition) is 0. The van der Waals surface area contributed by atoms with E-state index >= 15 is 0 Å². The topological polar surface area (TPSA) is 62.7 Å². The summed E-state index contributed by atoms with van der Waals surface area (Å²) in [6.07, 6.45) is 1.60. The summed E-state index contributed by atoms with van der Waals surface area (Å²) >= 11 is 3.29. The van der Waals surface area contributed by atoms with Gasteiger partial charge in [-0.25, -0.2) is 4.98 Å². The van der Waals surface area contributed by atoms with Crippen molar-refractivity contribution in [3.05, 3.63) is 28.5 Å². The molecule has 1 aromatic rings. The van der Waals surface area contributed by atoms with E-state index in [0.717, 1.165) is 4.47 Å². The zero-order valence-electron chi connectivity index (χ0n) is 11.2. The maximum atomic E-state index is 12.2. The number of carbonyl (C=O) groups is 2. The van der Waals surface area contributed by atoms with Gasteiger partial charge in [0, 0.05) is 44.0 Å². The number of ether oxygens (including phenoxy) is 1. The lowest BCUT2D eigenvalue weighted by Gasteiger charge is -2.34. The largest absolute Gasteiger partial charge is 0.375 e. The van der Waals surface area contributed by atoms with Gasteiger partial charge >= 0.3 is 0 Å². The van der Waals surface area contributed by atoms with Gasteiger partial charge < -0.3 is 14.5 Å². The van der Waals surface area contributed by atoms with Crippen LogP contribution in [0.3, 0.4) is 0 Å². The van der Waals surface area contributed by atoms with Crippen molar-refractivity contribution < 1.29 is 14.3 Å². The van der Waals surface area contributed by atoms with Crippen molar-refractivity contribution in [3.8, 4) is 0 Å². The van der Waals surface area contributed by atoms with E-state index in [0.29, 0.717) is 31.9 Å². The molecule has 0 spiro atoms. The molecule has 0 unspecified atom stereocenters. The standard InChI is InChI=1S/C13H16BrN3O3/c1-20-9-12(18)16-4-6-17(7-5-16)13(19)11-3-2-10(14)8-15-11/h2-3,8H,4-7,9H2,1H3. The summed E-state index contributed by atoms with van der Waals surface area (Å²) in [4.78, 5) is 31.4. The number of piperazine rings is 1. The summed E-state index contributed by atoms with van der Waals surface area (Å²) in [6, 6.07) is 3.48. The Balaban J connectivity index is 1.92. The zero-order chi connectivity index (χ0) is 14.5. The molecule has 1 fully saturated rings. The van der Waals surface area contributed by atoms with Crippen molar-refractivity contribution in [2.45, 2.75) is 0 Å². The van der Waals surface area contributed by atoms with E-state index < -0.39 is 0 Å². The second-order valence-corrected chi connectivity index (χ2v) is 5.38. The summed E-state index contributed by atoms with van der Waals surface area (Å²) in [5, 5.41) is 0. The molecule has 0 saturated carbocycles. The van der Waals surface area contributed by atoms with Crippen LogP contribution in [0.25, 0.3) is 0 Å². The molecule has 6 nitrogen and oxygen atoms in total. The second-order valence-electron chi connectivity index (χ2n) is 4.47. The molecule has 1 aliphatic rings. The minimum Gasteiger partial charge on any atom is -0.375 e. The fourth-order valence-corrected chi connectivity index (χ4v) is 2.27. The van der Waals surface area contributed by atoms with Crippen LogP contribution in [0.5, 0.6) is 0 Å². The van der Waals surface area contributed by atoms with Gasteiger partial charge in [0.25, 0.3) is 5.91 Å². The Morgan fingerprint density at radius 3 is 2.45 bits per heavy atom. The lowest BCUT2D eigenvalue weighted by Crippen LogP contribution is -2.51. The van der Waals surface area contributed by atoms with E-state index in [4.69, 9.17) is 4.74 Å². The molecule has 1 saturated heterocycles. The molecule has 108 valence electrons. The molecule has 2 amide bonds. The first-order valence-electron chi connectivity index (χ1n) is 6.29. The van der Waals surface area contributed by atoms with Gasteiger partial charge in [0.05, 0.1) is 0 Å². The van der Waals surface area contributed by atoms with Crippen molar-refractivity contribution in [1.82, 2.24) is 14.8 Å². The van der Waals surface area contributed by atoms with Crippen LogP contribution in [0, 0.1) is 0 Å². The van der Waals surface area contributed by atoms with E-state index in [1.54, 1.807) is 28.1 Å². The van der Waals surface area contributed by atoms with Gasteiger partial charge in [-0.15, -0.1) is 0 Å². The van der Waals surface area contributed by atoms with Crippen molar-refractivity contribution in [1.29, 1.82) is 0 Å². The Hall–Kier alpha value is -1.47. The number of rotatable bonds is 3. The summed E-state index contributed by atoms with van der Waals surface area (Å²) < 4.78 is 5.66. The first kappa shape index (κ1) is 14.9. The number of nitrogens with zero attached hydrogens (tertiary/aromatic N) is 3. The maximum absolute atomic E-state index is 12.2. The Morgan fingerprint density at radius 2 is 1.90 bits per heavy atom. The van der Waals surface area contributed by atoms with Crippen LogP contribution in [-0.4, -0.2) is 66.5 Å². The molecule has 0 N–H and O–H groups in total. The molecule has 0 radical (unpaired) electrons. The Kier molecular flexibility index (Phi) is 5.08. The highest BCUT2D eigenvalue weighted by Crippen LogP contribution is 2.11. The zero-order valence-corrected chi connectivity index (χ0v) is 12.8. The van der Waals surface area contributed by atoms with Gasteiger partial charge in [0.2, 0.25) is 5.91 Å². The minimum atomic E-state index is -0.101. The molecular formula is C13H16BrN3O3. The molecule has 0 bridgehead atoms. The van der Waals surface area contributed by atoms with Gasteiger partial charge in [0.1, 0.15) is 12.3 Å². The molecule has 0 aromatic carbocycles. The van der Waals surface area contributed by atoms with Crippen LogP contribution in [0.15, 0.2) is 22.8 Å². The van der Waals surface area contributed by atoms with E-state index in [9.17, 15) is 9.59 Å². The third-order valence-corrected chi connectivity index (χ3v) is 3.60. The first-order valence-corrected chi connectivity index (χ1v) is 7.08. The maximum Gasteiger partial charge on any atom is 0.272 e. The van der Waals surface area contributed by atoms with Crippen molar-refractivity contribution >= 4 is 27.7 Å². The molecule has 0 atom stereocenters. The number of methoxy groups -OCH3 is 1. The van der Waals surface area contributed by atoms with E-state index in [1.165, 1.54) is 7.11 Å². The van der Waals surface area contributed by atoms with Crippen molar-refractivity contribution in [2.24, 2.45) is 0 Å².